The number of fused-ring (bicyclic) bond motifs is 1. The number of hydrogen-bond acceptors (Lipinski definition) is 5. The topological polar surface area (TPSA) is 67.2 Å². The third-order valence-electron chi connectivity index (χ3n) is 6.80. The molecule has 0 spiro atoms. The largest absolute Gasteiger partial charge is 0.352 e. The van der Waals surface area contributed by atoms with Crippen molar-refractivity contribution in [2.75, 3.05) is 17.2 Å². The van der Waals surface area contributed by atoms with Crippen LogP contribution in [0.15, 0.2) is 66.0 Å². The zero-order valence-electron chi connectivity index (χ0n) is 20.8. The number of thiophene rings is 1. The van der Waals surface area contributed by atoms with E-state index in [1.54, 1.807) is 28.0 Å². The predicted molar refractivity (Wildman–Crippen MR) is 151 cm³/mol. The van der Waals surface area contributed by atoms with Gasteiger partial charge in [-0.15, -0.1) is 23.1 Å². The van der Waals surface area contributed by atoms with Crippen molar-refractivity contribution < 1.29 is 9.59 Å². The van der Waals surface area contributed by atoms with Crippen molar-refractivity contribution in [3.63, 3.8) is 0 Å². The molecule has 2 aromatic carbocycles. The first kappa shape index (κ1) is 24.0. The van der Waals surface area contributed by atoms with Gasteiger partial charge in [0, 0.05) is 22.0 Å². The van der Waals surface area contributed by atoms with Gasteiger partial charge in [0.05, 0.1) is 22.4 Å². The first-order valence-corrected chi connectivity index (χ1v) is 14.4. The number of carbonyl (C=O) groups excluding carboxylic acids is 2. The molecule has 188 valence electrons. The highest BCUT2D eigenvalue weighted by molar-refractivity contribution is 8.00. The Labute approximate surface area is 224 Å². The third kappa shape index (κ3) is 4.71. The standard InChI is InChI=1S/C29H28N4O2S2/c1-18-8-12-22(13-9-18)33-29-25(26(31-33)20-6-4-3-5-7-20)28(27-19(2)14-15-36-27)37-17-24(35)32(29)16-23(34)30-21-10-11-21/h3-9,12-15,21,28H,10-11,16-17H2,1-2H3,(H,30,34). The first-order valence-electron chi connectivity index (χ1n) is 12.5. The van der Waals surface area contributed by atoms with Crippen molar-refractivity contribution in [1.82, 2.24) is 15.1 Å². The summed E-state index contributed by atoms with van der Waals surface area (Å²) in [4.78, 5) is 29.6. The van der Waals surface area contributed by atoms with Gasteiger partial charge in [0.2, 0.25) is 11.8 Å². The molecule has 6 rings (SSSR count). The number of amides is 2. The van der Waals surface area contributed by atoms with Crippen molar-refractivity contribution in [1.29, 1.82) is 0 Å². The molecule has 0 radical (unpaired) electrons. The van der Waals surface area contributed by atoms with Gasteiger partial charge in [-0.2, -0.15) is 5.10 Å². The summed E-state index contributed by atoms with van der Waals surface area (Å²) < 4.78 is 1.86. The maximum Gasteiger partial charge on any atom is 0.240 e. The minimum atomic E-state index is -0.129. The highest BCUT2D eigenvalue weighted by Gasteiger charge is 2.39. The normalized spacial score (nSPS) is 17.4. The highest BCUT2D eigenvalue weighted by Crippen LogP contribution is 2.50. The van der Waals surface area contributed by atoms with Gasteiger partial charge in [0.15, 0.2) is 0 Å². The summed E-state index contributed by atoms with van der Waals surface area (Å²) >= 11 is 3.32. The number of thioether (sulfide) groups is 1. The maximum absolute atomic E-state index is 13.7. The van der Waals surface area contributed by atoms with Crippen LogP contribution < -0.4 is 10.2 Å². The molecule has 3 heterocycles. The van der Waals surface area contributed by atoms with E-state index >= 15 is 0 Å². The van der Waals surface area contributed by atoms with Crippen LogP contribution in [0.2, 0.25) is 0 Å². The molecule has 2 amide bonds. The Balaban J connectivity index is 1.60. The zero-order chi connectivity index (χ0) is 25.5. The van der Waals surface area contributed by atoms with Crippen LogP contribution in [-0.2, 0) is 9.59 Å². The summed E-state index contributed by atoms with van der Waals surface area (Å²) in [5.41, 5.74) is 6.00. The molecule has 37 heavy (non-hydrogen) atoms. The van der Waals surface area contributed by atoms with E-state index in [2.05, 4.69) is 35.8 Å². The van der Waals surface area contributed by atoms with Crippen molar-refractivity contribution in [3.8, 4) is 16.9 Å². The molecule has 1 saturated carbocycles. The van der Waals surface area contributed by atoms with Crippen LogP contribution in [0.4, 0.5) is 5.82 Å². The minimum absolute atomic E-state index is 0.0230. The third-order valence-corrected chi connectivity index (χ3v) is 9.25. The molecule has 2 aliphatic rings. The summed E-state index contributed by atoms with van der Waals surface area (Å²) in [6.07, 6.45) is 2.00. The quantitative estimate of drug-likeness (QED) is 0.350. The summed E-state index contributed by atoms with van der Waals surface area (Å²) in [6, 6.07) is 20.6. The lowest BCUT2D eigenvalue weighted by Gasteiger charge is -2.23. The average molecular weight is 529 g/mol. The Morgan fingerprint density at radius 1 is 1.05 bits per heavy atom. The highest BCUT2D eigenvalue weighted by atomic mass is 32.2. The Hall–Kier alpha value is -3.36. The Morgan fingerprint density at radius 2 is 1.81 bits per heavy atom. The van der Waals surface area contributed by atoms with Crippen LogP contribution in [0.3, 0.4) is 0 Å². The molecule has 1 fully saturated rings. The van der Waals surface area contributed by atoms with Crippen LogP contribution in [-0.4, -0.2) is 39.9 Å². The molecule has 1 aliphatic heterocycles. The maximum atomic E-state index is 13.7. The number of carbonyl (C=O) groups is 2. The van der Waals surface area contributed by atoms with Crippen LogP contribution in [0, 0.1) is 13.8 Å². The Morgan fingerprint density at radius 3 is 2.49 bits per heavy atom. The first-order chi connectivity index (χ1) is 18.0. The van der Waals surface area contributed by atoms with Crippen LogP contribution in [0.25, 0.3) is 16.9 Å². The molecule has 0 bridgehead atoms. The number of benzene rings is 2. The number of aromatic nitrogens is 2. The fraction of sp³-hybridized carbons (Fsp3) is 0.276. The molecule has 0 saturated heterocycles. The number of hydrogen-bond donors (Lipinski definition) is 1. The molecule has 1 N–H and O–H groups in total. The number of nitrogens with one attached hydrogen (secondary N) is 1. The van der Waals surface area contributed by atoms with Crippen molar-refractivity contribution in [2.24, 2.45) is 0 Å². The molecule has 8 heteroatoms. The molecule has 1 unspecified atom stereocenters. The van der Waals surface area contributed by atoms with Gasteiger partial charge in [0.1, 0.15) is 12.4 Å². The minimum Gasteiger partial charge on any atom is -0.352 e. The number of rotatable bonds is 6. The van der Waals surface area contributed by atoms with Gasteiger partial charge in [0.25, 0.3) is 0 Å². The molecule has 1 aliphatic carbocycles. The lowest BCUT2D eigenvalue weighted by Crippen LogP contribution is -2.43. The Bertz CT molecular complexity index is 1460. The number of nitrogens with zero attached hydrogens (tertiary/aromatic N) is 3. The van der Waals surface area contributed by atoms with Crippen LogP contribution >= 0.6 is 23.1 Å². The number of aryl methyl sites for hydroxylation is 2. The van der Waals surface area contributed by atoms with Crippen molar-refractivity contribution in [3.05, 3.63) is 87.6 Å². The van der Waals surface area contributed by atoms with Gasteiger partial charge in [-0.05, 0) is 55.8 Å². The summed E-state index contributed by atoms with van der Waals surface area (Å²) in [5, 5.41) is 10.2. The van der Waals surface area contributed by atoms with E-state index in [9.17, 15) is 9.59 Å². The van der Waals surface area contributed by atoms with Crippen LogP contribution in [0.5, 0.6) is 0 Å². The molecule has 4 aromatic rings. The van der Waals surface area contributed by atoms with Crippen molar-refractivity contribution >= 4 is 40.7 Å². The Kier molecular flexibility index (Phi) is 6.38. The predicted octanol–water partition coefficient (Wildman–Crippen LogP) is 5.67. The summed E-state index contributed by atoms with van der Waals surface area (Å²) in [5.74, 6) is 0.758. The number of anilines is 1. The molecule has 1 atom stereocenters. The molecular formula is C29H28N4O2S2. The molecular weight excluding hydrogens is 500 g/mol. The van der Waals surface area contributed by atoms with E-state index in [1.165, 1.54) is 10.4 Å². The van der Waals surface area contributed by atoms with E-state index < -0.39 is 0 Å². The van der Waals surface area contributed by atoms with Gasteiger partial charge < -0.3 is 5.32 Å². The van der Waals surface area contributed by atoms with Gasteiger partial charge in [-0.1, -0.05) is 48.0 Å². The van der Waals surface area contributed by atoms with Gasteiger partial charge in [-0.25, -0.2) is 4.68 Å². The van der Waals surface area contributed by atoms with Crippen molar-refractivity contribution in [2.45, 2.75) is 38.0 Å². The second-order valence-electron chi connectivity index (χ2n) is 9.68. The monoisotopic (exact) mass is 528 g/mol. The second kappa shape index (κ2) is 9.84. The van der Waals surface area contributed by atoms with Gasteiger partial charge >= 0.3 is 0 Å². The van der Waals surface area contributed by atoms with E-state index in [0.29, 0.717) is 5.82 Å². The summed E-state index contributed by atoms with van der Waals surface area (Å²) in [7, 11) is 0. The lowest BCUT2D eigenvalue weighted by atomic mass is 10.0. The van der Waals surface area contributed by atoms with Gasteiger partial charge in [-0.3, -0.25) is 14.5 Å². The second-order valence-corrected chi connectivity index (χ2v) is 11.7. The SMILES string of the molecule is Cc1ccc(-n2nc(-c3ccccc3)c3c2N(CC(=O)NC2CC2)C(=O)CSC3c2sccc2C)cc1. The van der Waals surface area contributed by atoms with E-state index in [0.717, 1.165) is 40.9 Å². The van der Waals surface area contributed by atoms with E-state index in [4.69, 9.17) is 5.10 Å². The summed E-state index contributed by atoms with van der Waals surface area (Å²) in [6.45, 7) is 4.14. The van der Waals surface area contributed by atoms with E-state index in [1.807, 2.05) is 54.1 Å². The fourth-order valence-corrected chi connectivity index (χ4v) is 7.17. The molecule has 6 nitrogen and oxygen atoms in total. The van der Waals surface area contributed by atoms with E-state index in [-0.39, 0.29) is 35.4 Å². The van der Waals surface area contributed by atoms with Crippen LogP contribution in [0.1, 0.15) is 39.7 Å². The smallest absolute Gasteiger partial charge is 0.240 e. The zero-order valence-corrected chi connectivity index (χ0v) is 22.4. The fourth-order valence-electron chi connectivity index (χ4n) is 4.70. The average Bonchev–Trinajstić information content (AvgIpc) is 3.51. The molecule has 2 aromatic heterocycles. The lowest BCUT2D eigenvalue weighted by molar-refractivity contribution is -0.123.